The molecule has 0 amide bonds. The Balaban J connectivity index is 2.38. The molecule has 0 spiro atoms. The van der Waals surface area contributed by atoms with Crippen molar-refractivity contribution in [3.63, 3.8) is 0 Å². The predicted molar refractivity (Wildman–Crippen MR) is 63.8 cm³/mol. The minimum atomic E-state index is -0.890. The molecule has 2 aromatic rings. The molecule has 2 rings (SSSR count). The Kier molecular flexibility index (Phi) is 3.79. The van der Waals surface area contributed by atoms with E-state index in [0.717, 1.165) is 12.1 Å². The average molecular weight is 271 g/mol. The minimum Gasteiger partial charge on any atom is -0.450 e. The summed E-state index contributed by atoms with van der Waals surface area (Å²) in [5, 5.41) is 9.07. The van der Waals surface area contributed by atoms with E-state index in [1.807, 2.05) is 0 Å². The van der Waals surface area contributed by atoms with Crippen LogP contribution in [0.4, 0.5) is 8.78 Å². The van der Waals surface area contributed by atoms with E-state index in [4.69, 9.17) is 21.4 Å². The first-order valence-corrected chi connectivity index (χ1v) is 5.50. The van der Waals surface area contributed by atoms with Crippen LogP contribution in [0.3, 0.4) is 0 Å². The smallest absolute Gasteiger partial charge is 0.198 e. The Morgan fingerprint density at radius 1 is 1.11 bits per heavy atom. The second-order valence-corrected chi connectivity index (χ2v) is 3.99. The van der Waals surface area contributed by atoms with E-state index in [1.54, 1.807) is 18.2 Å². The third-order valence-electron chi connectivity index (χ3n) is 2.29. The topological polar surface area (TPSA) is 29.5 Å². The molecule has 0 aliphatic heterocycles. The summed E-state index contributed by atoms with van der Waals surface area (Å²) >= 11 is 5.83. The third-order valence-corrected chi connectivity index (χ3v) is 2.60. The average Bonchev–Trinajstić information content (AvgIpc) is 2.35. The standard InChI is InChI=1S/C13H9ClF2O2/c14-9-3-1-2-4-12(9)18-13-10(15)5-8(7-17)6-11(13)16/h1-6,17H,7H2. The van der Waals surface area contributed by atoms with Crippen molar-refractivity contribution in [2.45, 2.75) is 6.61 Å². The molecule has 0 saturated heterocycles. The first kappa shape index (κ1) is 12.8. The van der Waals surface area contributed by atoms with Gasteiger partial charge in [-0.3, -0.25) is 0 Å². The fourth-order valence-electron chi connectivity index (χ4n) is 1.44. The molecule has 1 N–H and O–H groups in total. The Morgan fingerprint density at radius 2 is 1.72 bits per heavy atom. The first-order valence-electron chi connectivity index (χ1n) is 5.13. The Labute approximate surface area is 107 Å². The van der Waals surface area contributed by atoms with Crippen molar-refractivity contribution < 1.29 is 18.6 Å². The van der Waals surface area contributed by atoms with Gasteiger partial charge < -0.3 is 9.84 Å². The minimum absolute atomic E-state index is 0.136. The van der Waals surface area contributed by atoms with Gasteiger partial charge in [0, 0.05) is 0 Å². The lowest BCUT2D eigenvalue weighted by Gasteiger charge is -2.10. The van der Waals surface area contributed by atoms with E-state index in [9.17, 15) is 8.78 Å². The lowest BCUT2D eigenvalue weighted by molar-refractivity contribution is 0.279. The van der Waals surface area contributed by atoms with Gasteiger partial charge in [-0.15, -0.1) is 0 Å². The van der Waals surface area contributed by atoms with Gasteiger partial charge in [0.05, 0.1) is 11.6 Å². The normalized spacial score (nSPS) is 10.4. The number of rotatable bonds is 3. The van der Waals surface area contributed by atoms with Crippen molar-refractivity contribution >= 4 is 11.6 Å². The molecule has 0 heterocycles. The van der Waals surface area contributed by atoms with Gasteiger partial charge in [-0.1, -0.05) is 23.7 Å². The zero-order valence-electron chi connectivity index (χ0n) is 9.16. The number of aliphatic hydroxyl groups is 1. The summed E-state index contributed by atoms with van der Waals surface area (Å²) in [5.41, 5.74) is 0.136. The Bertz CT molecular complexity index is 550. The molecule has 0 saturated carbocycles. The van der Waals surface area contributed by atoms with E-state index >= 15 is 0 Å². The first-order chi connectivity index (χ1) is 8.61. The van der Waals surface area contributed by atoms with Gasteiger partial charge in [0.2, 0.25) is 0 Å². The summed E-state index contributed by atoms with van der Waals surface area (Å²) in [6.07, 6.45) is 0. The van der Waals surface area contributed by atoms with Crippen molar-refractivity contribution in [1.29, 1.82) is 0 Å². The third kappa shape index (κ3) is 2.60. The lowest BCUT2D eigenvalue weighted by Crippen LogP contribution is -1.96. The molecule has 0 aliphatic carbocycles. The van der Waals surface area contributed by atoms with Gasteiger partial charge in [-0.25, -0.2) is 8.78 Å². The highest BCUT2D eigenvalue weighted by Crippen LogP contribution is 2.32. The molecule has 2 aromatic carbocycles. The van der Waals surface area contributed by atoms with Crippen molar-refractivity contribution in [2.24, 2.45) is 0 Å². The zero-order valence-corrected chi connectivity index (χ0v) is 9.92. The van der Waals surface area contributed by atoms with E-state index in [2.05, 4.69) is 0 Å². The van der Waals surface area contributed by atoms with Gasteiger partial charge in [-0.2, -0.15) is 0 Å². The highest BCUT2D eigenvalue weighted by molar-refractivity contribution is 6.32. The highest BCUT2D eigenvalue weighted by Gasteiger charge is 2.14. The van der Waals surface area contributed by atoms with Crippen molar-refractivity contribution in [3.05, 3.63) is 58.6 Å². The van der Waals surface area contributed by atoms with E-state index in [0.29, 0.717) is 0 Å². The monoisotopic (exact) mass is 270 g/mol. The van der Waals surface area contributed by atoms with Crippen LogP contribution in [-0.2, 0) is 6.61 Å². The van der Waals surface area contributed by atoms with Gasteiger partial charge in [0.25, 0.3) is 0 Å². The van der Waals surface area contributed by atoms with E-state index < -0.39 is 24.0 Å². The SMILES string of the molecule is OCc1cc(F)c(Oc2ccccc2Cl)c(F)c1. The summed E-state index contributed by atoms with van der Waals surface area (Å²) in [6.45, 7) is -0.444. The van der Waals surface area contributed by atoms with Crippen LogP contribution in [0.2, 0.25) is 5.02 Å². The second kappa shape index (κ2) is 5.33. The number of para-hydroxylation sites is 1. The summed E-state index contributed by atoms with van der Waals surface area (Å²) in [4.78, 5) is 0. The fourth-order valence-corrected chi connectivity index (χ4v) is 1.61. The molecule has 0 atom stereocenters. The number of benzene rings is 2. The van der Waals surface area contributed by atoms with Crippen LogP contribution < -0.4 is 4.74 Å². The molecule has 0 fully saturated rings. The van der Waals surface area contributed by atoms with Crippen molar-refractivity contribution in [3.8, 4) is 11.5 Å². The number of ether oxygens (including phenoxy) is 1. The Hall–Kier alpha value is -1.65. The van der Waals surface area contributed by atoms with Gasteiger partial charge >= 0.3 is 0 Å². The maximum atomic E-state index is 13.6. The molecule has 0 bridgehead atoms. The molecule has 0 radical (unpaired) electrons. The van der Waals surface area contributed by atoms with Crippen molar-refractivity contribution in [2.75, 3.05) is 0 Å². The molecule has 2 nitrogen and oxygen atoms in total. The summed E-state index contributed by atoms with van der Waals surface area (Å²) < 4.78 is 32.3. The maximum absolute atomic E-state index is 13.6. The summed E-state index contributed by atoms with van der Waals surface area (Å²) in [6, 6.07) is 8.39. The predicted octanol–water partition coefficient (Wildman–Crippen LogP) is 3.90. The summed E-state index contributed by atoms with van der Waals surface area (Å²) in [7, 11) is 0. The van der Waals surface area contributed by atoms with Crippen LogP contribution in [0.15, 0.2) is 36.4 Å². The van der Waals surface area contributed by atoms with Crippen LogP contribution in [0, 0.1) is 11.6 Å². The molecule has 18 heavy (non-hydrogen) atoms. The Morgan fingerprint density at radius 3 is 2.28 bits per heavy atom. The molecule has 0 aromatic heterocycles. The lowest BCUT2D eigenvalue weighted by atomic mass is 10.2. The fraction of sp³-hybridized carbons (Fsp3) is 0.0769. The number of halogens is 3. The molecule has 0 aliphatic rings. The molecule has 5 heteroatoms. The van der Waals surface area contributed by atoms with Gasteiger partial charge in [0.15, 0.2) is 17.4 Å². The molecule has 0 unspecified atom stereocenters. The zero-order chi connectivity index (χ0) is 13.1. The molecular formula is C13H9ClF2O2. The highest BCUT2D eigenvalue weighted by atomic mass is 35.5. The quantitative estimate of drug-likeness (QED) is 0.916. The van der Waals surface area contributed by atoms with E-state index in [-0.39, 0.29) is 16.3 Å². The number of aliphatic hydroxyl groups excluding tert-OH is 1. The van der Waals surface area contributed by atoms with Crippen LogP contribution in [0.5, 0.6) is 11.5 Å². The van der Waals surface area contributed by atoms with Crippen LogP contribution in [0.1, 0.15) is 5.56 Å². The summed E-state index contributed by atoms with van der Waals surface area (Å²) in [5.74, 6) is -2.16. The van der Waals surface area contributed by atoms with Crippen molar-refractivity contribution in [1.82, 2.24) is 0 Å². The molecule has 94 valence electrons. The van der Waals surface area contributed by atoms with Crippen LogP contribution in [-0.4, -0.2) is 5.11 Å². The van der Waals surface area contributed by atoms with Crippen LogP contribution in [0.25, 0.3) is 0 Å². The largest absolute Gasteiger partial charge is 0.450 e. The van der Waals surface area contributed by atoms with Gasteiger partial charge in [-0.05, 0) is 29.8 Å². The van der Waals surface area contributed by atoms with Gasteiger partial charge in [0.1, 0.15) is 5.75 Å². The molecular weight excluding hydrogens is 262 g/mol. The maximum Gasteiger partial charge on any atom is 0.198 e. The van der Waals surface area contributed by atoms with Crippen LogP contribution >= 0.6 is 11.6 Å². The van der Waals surface area contributed by atoms with E-state index in [1.165, 1.54) is 6.07 Å². The number of hydrogen-bond acceptors (Lipinski definition) is 2. The number of hydrogen-bond donors (Lipinski definition) is 1. The second-order valence-electron chi connectivity index (χ2n) is 3.58.